The number of ketones is 1. The number of para-hydroxylation sites is 3. The van der Waals surface area contributed by atoms with Gasteiger partial charge in [0.25, 0.3) is 5.69 Å². The van der Waals surface area contributed by atoms with Gasteiger partial charge in [-0.3, -0.25) is 14.9 Å². The molecule has 0 bridgehead atoms. The molecule has 180 valence electrons. The highest BCUT2D eigenvalue weighted by Gasteiger charge is 2.24. The minimum absolute atomic E-state index is 0.129. The van der Waals surface area contributed by atoms with Crippen molar-refractivity contribution in [2.45, 2.75) is 26.5 Å². The molecule has 1 unspecified atom stereocenters. The molecule has 0 N–H and O–H groups in total. The molecule has 3 aromatic rings. The van der Waals surface area contributed by atoms with Crippen LogP contribution in [0.1, 0.15) is 27.3 Å². The minimum Gasteiger partial charge on any atom is -0.486 e. The van der Waals surface area contributed by atoms with E-state index in [9.17, 15) is 19.7 Å². The number of carbonyl (C=O) groups is 2. The van der Waals surface area contributed by atoms with E-state index in [-0.39, 0.29) is 23.1 Å². The van der Waals surface area contributed by atoms with Crippen LogP contribution in [0, 0.1) is 24.0 Å². The van der Waals surface area contributed by atoms with Gasteiger partial charge in [-0.1, -0.05) is 24.3 Å². The molecule has 0 radical (unpaired) electrons. The maximum absolute atomic E-state index is 12.7. The average Bonchev–Trinajstić information content (AvgIpc) is 3.14. The molecule has 4 rings (SSSR count). The standard InChI is InChI=1S/C26H24N2O7/c1-17-13-21(18(2)27(17)14-20-15-33-24-9-5-6-10-25(24)35-20)23(29)16-34-26(30)12-11-19-7-3-4-8-22(19)28(31)32/h3-13,20H,14-16H2,1-2H3. The summed E-state index contributed by atoms with van der Waals surface area (Å²) in [5, 5.41) is 11.1. The highest BCUT2D eigenvalue weighted by molar-refractivity contribution is 6.00. The molecule has 1 aliphatic heterocycles. The van der Waals surface area contributed by atoms with E-state index in [1.165, 1.54) is 24.3 Å². The van der Waals surface area contributed by atoms with E-state index in [1.54, 1.807) is 12.1 Å². The number of fused-ring (bicyclic) bond motifs is 1. The molecule has 2 aromatic carbocycles. The van der Waals surface area contributed by atoms with Crippen LogP contribution in [-0.2, 0) is 16.1 Å². The van der Waals surface area contributed by atoms with Crippen molar-refractivity contribution in [3.63, 3.8) is 0 Å². The largest absolute Gasteiger partial charge is 0.486 e. The van der Waals surface area contributed by atoms with Crippen LogP contribution < -0.4 is 9.47 Å². The highest BCUT2D eigenvalue weighted by Crippen LogP contribution is 2.31. The summed E-state index contributed by atoms with van der Waals surface area (Å²) in [5.41, 5.74) is 2.20. The van der Waals surface area contributed by atoms with E-state index in [0.717, 1.165) is 17.5 Å². The van der Waals surface area contributed by atoms with Crippen molar-refractivity contribution in [2.75, 3.05) is 13.2 Å². The summed E-state index contributed by atoms with van der Waals surface area (Å²) in [6.45, 7) is 4.16. The van der Waals surface area contributed by atoms with Crippen molar-refractivity contribution in [1.29, 1.82) is 0 Å². The van der Waals surface area contributed by atoms with Crippen LogP contribution in [0.15, 0.2) is 60.7 Å². The molecular weight excluding hydrogens is 452 g/mol. The molecular formula is C26H24N2O7. The first-order chi connectivity index (χ1) is 16.8. The van der Waals surface area contributed by atoms with Crippen LogP contribution in [0.2, 0.25) is 0 Å². The van der Waals surface area contributed by atoms with Gasteiger partial charge in [-0.2, -0.15) is 0 Å². The molecule has 2 heterocycles. The first-order valence-electron chi connectivity index (χ1n) is 11.0. The Morgan fingerprint density at radius 2 is 1.86 bits per heavy atom. The van der Waals surface area contributed by atoms with Gasteiger partial charge in [0.15, 0.2) is 24.2 Å². The first-order valence-corrected chi connectivity index (χ1v) is 11.0. The van der Waals surface area contributed by atoms with Crippen LogP contribution in [0.5, 0.6) is 11.5 Å². The fraction of sp³-hybridized carbons (Fsp3) is 0.231. The van der Waals surface area contributed by atoms with Gasteiger partial charge in [0.2, 0.25) is 5.78 Å². The number of aryl methyl sites for hydroxylation is 1. The number of rotatable bonds is 8. The molecule has 9 heteroatoms. The molecule has 0 aliphatic carbocycles. The lowest BCUT2D eigenvalue weighted by molar-refractivity contribution is -0.385. The SMILES string of the molecule is Cc1cc(C(=O)COC(=O)C=Cc2ccccc2[N+](=O)[O-])c(C)n1CC1COc2ccccc2O1. The quantitative estimate of drug-likeness (QED) is 0.157. The third-order valence-electron chi connectivity index (χ3n) is 5.71. The van der Waals surface area contributed by atoms with Gasteiger partial charge >= 0.3 is 5.97 Å². The Labute approximate surface area is 201 Å². The number of carbonyl (C=O) groups excluding carboxylic acids is 2. The Kier molecular flexibility index (Phi) is 6.96. The number of nitro groups is 1. The molecule has 1 aromatic heterocycles. The van der Waals surface area contributed by atoms with Gasteiger partial charge in [0.1, 0.15) is 6.61 Å². The number of aromatic nitrogens is 1. The van der Waals surface area contributed by atoms with Crippen molar-refractivity contribution in [1.82, 2.24) is 4.57 Å². The summed E-state index contributed by atoms with van der Waals surface area (Å²) in [7, 11) is 0. The van der Waals surface area contributed by atoms with Gasteiger partial charge in [0.05, 0.1) is 17.0 Å². The topological polar surface area (TPSA) is 110 Å². The summed E-state index contributed by atoms with van der Waals surface area (Å²) >= 11 is 0. The zero-order valence-electron chi connectivity index (χ0n) is 19.3. The average molecular weight is 476 g/mol. The van der Waals surface area contributed by atoms with Crippen molar-refractivity contribution in [3.05, 3.63) is 93.3 Å². The molecule has 0 saturated heterocycles. The van der Waals surface area contributed by atoms with Crippen molar-refractivity contribution in [3.8, 4) is 11.5 Å². The molecule has 0 fully saturated rings. The number of Topliss-reactive ketones (excluding diaryl/α,β-unsaturated/α-hetero) is 1. The molecule has 0 spiro atoms. The second kappa shape index (κ2) is 10.3. The summed E-state index contributed by atoms with van der Waals surface area (Å²) < 4.78 is 18.9. The van der Waals surface area contributed by atoms with Crippen molar-refractivity contribution >= 4 is 23.5 Å². The Morgan fingerprint density at radius 3 is 2.63 bits per heavy atom. The van der Waals surface area contributed by atoms with E-state index in [4.69, 9.17) is 14.2 Å². The number of hydrogen-bond acceptors (Lipinski definition) is 7. The lowest BCUT2D eigenvalue weighted by Crippen LogP contribution is -2.33. The zero-order chi connectivity index (χ0) is 24.9. The van der Waals surface area contributed by atoms with E-state index in [2.05, 4.69) is 0 Å². The van der Waals surface area contributed by atoms with Crippen LogP contribution >= 0.6 is 0 Å². The normalized spacial score (nSPS) is 14.6. The highest BCUT2D eigenvalue weighted by atomic mass is 16.6. The van der Waals surface area contributed by atoms with E-state index in [0.29, 0.717) is 30.2 Å². The maximum Gasteiger partial charge on any atom is 0.331 e. The second-order valence-electron chi connectivity index (χ2n) is 8.07. The van der Waals surface area contributed by atoms with Crippen LogP contribution in [0.25, 0.3) is 6.08 Å². The van der Waals surface area contributed by atoms with Gasteiger partial charge in [-0.05, 0) is 44.2 Å². The van der Waals surface area contributed by atoms with Crippen molar-refractivity contribution in [2.24, 2.45) is 0 Å². The fourth-order valence-electron chi connectivity index (χ4n) is 3.94. The molecule has 1 aliphatic rings. The van der Waals surface area contributed by atoms with E-state index >= 15 is 0 Å². The summed E-state index contributed by atoms with van der Waals surface area (Å²) in [6, 6.07) is 15.2. The Hall–Kier alpha value is -4.40. The lowest BCUT2D eigenvalue weighted by Gasteiger charge is -2.27. The third-order valence-corrected chi connectivity index (χ3v) is 5.71. The summed E-state index contributed by atoms with van der Waals surface area (Å²) in [6.07, 6.45) is 2.14. The van der Waals surface area contributed by atoms with Crippen LogP contribution in [-0.4, -0.2) is 40.6 Å². The molecule has 35 heavy (non-hydrogen) atoms. The van der Waals surface area contributed by atoms with Gasteiger partial charge in [0, 0.05) is 29.1 Å². The van der Waals surface area contributed by atoms with Gasteiger partial charge in [-0.15, -0.1) is 0 Å². The third kappa shape index (κ3) is 5.40. The lowest BCUT2D eigenvalue weighted by atomic mass is 10.1. The minimum atomic E-state index is -0.767. The van der Waals surface area contributed by atoms with Crippen molar-refractivity contribution < 1.29 is 28.7 Å². The van der Waals surface area contributed by atoms with Crippen LogP contribution in [0.4, 0.5) is 5.69 Å². The monoisotopic (exact) mass is 476 g/mol. The second-order valence-corrected chi connectivity index (χ2v) is 8.07. The van der Waals surface area contributed by atoms with Crippen LogP contribution in [0.3, 0.4) is 0 Å². The number of nitro benzene ring substituents is 1. The summed E-state index contributed by atoms with van der Waals surface area (Å²) in [5.74, 6) is 0.279. The van der Waals surface area contributed by atoms with E-state index in [1.807, 2.05) is 42.7 Å². The molecule has 9 nitrogen and oxygen atoms in total. The molecule has 1 atom stereocenters. The molecule has 0 saturated carbocycles. The number of nitrogens with zero attached hydrogens (tertiary/aromatic N) is 2. The number of hydrogen-bond donors (Lipinski definition) is 0. The zero-order valence-corrected chi connectivity index (χ0v) is 19.3. The van der Waals surface area contributed by atoms with E-state index < -0.39 is 17.5 Å². The van der Waals surface area contributed by atoms with Gasteiger partial charge < -0.3 is 18.8 Å². The maximum atomic E-state index is 12.7. The molecule has 0 amide bonds. The Morgan fingerprint density at radius 1 is 1.14 bits per heavy atom. The predicted molar refractivity (Wildman–Crippen MR) is 128 cm³/mol. The fourth-order valence-corrected chi connectivity index (χ4v) is 3.94. The number of ether oxygens (including phenoxy) is 3. The summed E-state index contributed by atoms with van der Waals surface area (Å²) in [4.78, 5) is 35.4. The predicted octanol–water partition coefficient (Wildman–Crippen LogP) is 4.29. The van der Waals surface area contributed by atoms with Gasteiger partial charge in [-0.25, -0.2) is 4.79 Å². The first kappa shape index (κ1) is 23.7. The Balaban J connectivity index is 1.37. The smallest absolute Gasteiger partial charge is 0.331 e. The number of esters is 1. The Bertz CT molecular complexity index is 1310. The number of benzene rings is 2.